The molecule has 0 bridgehead atoms. The summed E-state index contributed by atoms with van der Waals surface area (Å²) in [6, 6.07) is 7.21. The molecule has 1 aromatic rings. The molecule has 1 aliphatic rings. The lowest BCUT2D eigenvalue weighted by atomic mass is 10.0. The van der Waals surface area contributed by atoms with Crippen molar-refractivity contribution in [3.8, 4) is 0 Å². The Morgan fingerprint density at radius 1 is 1.50 bits per heavy atom. The van der Waals surface area contributed by atoms with Crippen LogP contribution in [0.4, 0.5) is 4.79 Å². The van der Waals surface area contributed by atoms with E-state index in [2.05, 4.69) is 0 Å². The monoisotopic (exact) mass is 219 g/mol. The number of nitrogens with zero attached hydrogens (tertiary/aromatic N) is 1. The van der Waals surface area contributed by atoms with Crippen molar-refractivity contribution in [2.45, 2.75) is 13.0 Å². The Morgan fingerprint density at radius 2 is 2.25 bits per heavy atom. The van der Waals surface area contributed by atoms with Gasteiger partial charge in [0.25, 0.3) is 0 Å². The normalized spacial score (nSPS) is 19.8. The minimum Gasteiger partial charge on any atom is -0.447 e. The van der Waals surface area contributed by atoms with E-state index >= 15 is 0 Å². The van der Waals surface area contributed by atoms with Crippen LogP contribution in [-0.2, 0) is 4.74 Å². The number of cyclic esters (lactones) is 1. The smallest absolute Gasteiger partial charge is 0.410 e. The van der Waals surface area contributed by atoms with Gasteiger partial charge in [-0.3, -0.25) is 4.79 Å². The predicted molar refractivity (Wildman–Crippen MR) is 58.3 cm³/mol. The third kappa shape index (κ3) is 1.78. The molecule has 0 saturated carbocycles. The van der Waals surface area contributed by atoms with Crippen LogP contribution in [0.5, 0.6) is 0 Å². The van der Waals surface area contributed by atoms with Crippen LogP contribution in [0.25, 0.3) is 0 Å². The molecule has 1 amide bonds. The van der Waals surface area contributed by atoms with Gasteiger partial charge in [0.15, 0.2) is 5.78 Å². The molecular weight excluding hydrogens is 206 g/mol. The van der Waals surface area contributed by atoms with Gasteiger partial charge in [-0.2, -0.15) is 0 Å². The molecule has 4 heteroatoms. The maximum absolute atomic E-state index is 11.2. The van der Waals surface area contributed by atoms with Crippen molar-refractivity contribution in [3.63, 3.8) is 0 Å². The highest BCUT2D eigenvalue weighted by Gasteiger charge is 2.30. The molecule has 1 aliphatic heterocycles. The Balaban J connectivity index is 2.31. The lowest BCUT2D eigenvalue weighted by molar-refractivity contribution is 0.101. The van der Waals surface area contributed by atoms with Gasteiger partial charge in [-0.25, -0.2) is 4.79 Å². The number of likely N-dealkylation sites (N-methyl/N-ethyl adjacent to an activating group) is 1. The Kier molecular flexibility index (Phi) is 2.64. The first-order valence-corrected chi connectivity index (χ1v) is 5.10. The summed E-state index contributed by atoms with van der Waals surface area (Å²) < 4.78 is 4.93. The van der Waals surface area contributed by atoms with Crippen LogP contribution < -0.4 is 0 Å². The SMILES string of the molecule is CC(=O)c1cccc(C2COC(=O)N2C)c1. The number of hydrogen-bond donors (Lipinski definition) is 0. The topological polar surface area (TPSA) is 46.6 Å². The lowest BCUT2D eigenvalue weighted by Crippen LogP contribution is -2.22. The van der Waals surface area contributed by atoms with Gasteiger partial charge in [0, 0.05) is 12.6 Å². The third-order valence-electron chi connectivity index (χ3n) is 2.80. The van der Waals surface area contributed by atoms with Crippen molar-refractivity contribution >= 4 is 11.9 Å². The summed E-state index contributed by atoms with van der Waals surface area (Å²) >= 11 is 0. The predicted octanol–water partition coefficient (Wildman–Crippen LogP) is 2.01. The van der Waals surface area contributed by atoms with Gasteiger partial charge in [-0.15, -0.1) is 0 Å². The second kappa shape index (κ2) is 3.96. The van der Waals surface area contributed by atoms with E-state index < -0.39 is 0 Å². The van der Waals surface area contributed by atoms with Crippen molar-refractivity contribution in [1.29, 1.82) is 0 Å². The lowest BCUT2D eigenvalue weighted by Gasteiger charge is -2.16. The molecule has 16 heavy (non-hydrogen) atoms. The standard InChI is InChI=1S/C12H13NO3/c1-8(14)9-4-3-5-10(6-9)11-7-16-12(15)13(11)2/h3-6,11H,7H2,1-2H3. The molecule has 0 spiro atoms. The van der Waals surface area contributed by atoms with Crippen LogP contribution in [0, 0.1) is 0 Å². The Bertz CT molecular complexity index is 442. The van der Waals surface area contributed by atoms with Crippen LogP contribution in [0.1, 0.15) is 28.9 Å². The third-order valence-corrected chi connectivity index (χ3v) is 2.80. The van der Waals surface area contributed by atoms with E-state index in [1.807, 2.05) is 18.2 Å². The molecule has 84 valence electrons. The van der Waals surface area contributed by atoms with E-state index in [4.69, 9.17) is 4.74 Å². The first kappa shape index (κ1) is 10.7. The van der Waals surface area contributed by atoms with Gasteiger partial charge < -0.3 is 9.64 Å². The van der Waals surface area contributed by atoms with E-state index in [1.54, 1.807) is 18.0 Å². The zero-order valence-corrected chi connectivity index (χ0v) is 9.27. The largest absolute Gasteiger partial charge is 0.447 e. The molecule has 1 atom stereocenters. The summed E-state index contributed by atoms with van der Waals surface area (Å²) in [4.78, 5) is 24.0. The molecule has 0 radical (unpaired) electrons. The van der Waals surface area contributed by atoms with Crippen LogP contribution in [-0.4, -0.2) is 30.4 Å². The molecule has 1 fully saturated rings. The van der Waals surface area contributed by atoms with Crippen LogP contribution >= 0.6 is 0 Å². The fourth-order valence-corrected chi connectivity index (χ4v) is 1.78. The van der Waals surface area contributed by atoms with E-state index in [0.29, 0.717) is 12.2 Å². The number of Topliss-reactive ketones (excluding diaryl/α,β-unsaturated/α-hetero) is 1. The van der Waals surface area contributed by atoms with Crippen molar-refractivity contribution < 1.29 is 14.3 Å². The summed E-state index contributed by atoms with van der Waals surface area (Å²) in [7, 11) is 1.69. The van der Waals surface area contributed by atoms with Gasteiger partial charge >= 0.3 is 6.09 Å². The molecule has 1 aromatic carbocycles. The molecule has 2 rings (SSSR count). The van der Waals surface area contributed by atoms with Crippen LogP contribution in [0.15, 0.2) is 24.3 Å². The summed E-state index contributed by atoms with van der Waals surface area (Å²) in [5.41, 5.74) is 1.59. The summed E-state index contributed by atoms with van der Waals surface area (Å²) in [5.74, 6) is 0.0229. The summed E-state index contributed by atoms with van der Waals surface area (Å²) in [6.07, 6.45) is -0.321. The molecule has 1 unspecified atom stereocenters. The van der Waals surface area contributed by atoms with E-state index in [0.717, 1.165) is 5.56 Å². The van der Waals surface area contributed by atoms with Crippen molar-refractivity contribution in [1.82, 2.24) is 4.90 Å². The number of amides is 1. The molecule has 1 saturated heterocycles. The molecule has 0 N–H and O–H groups in total. The fraction of sp³-hybridized carbons (Fsp3) is 0.333. The highest BCUT2D eigenvalue weighted by Crippen LogP contribution is 2.26. The number of carbonyl (C=O) groups excluding carboxylic acids is 2. The number of ether oxygens (including phenoxy) is 1. The second-order valence-electron chi connectivity index (χ2n) is 3.89. The Morgan fingerprint density at radius 3 is 2.81 bits per heavy atom. The highest BCUT2D eigenvalue weighted by molar-refractivity contribution is 5.94. The number of hydrogen-bond acceptors (Lipinski definition) is 3. The number of rotatable bonds is 2. The Labute approximate surface area is 93.8 Å². The van der Waals surface area contributed by atoms with Crippen LogP contribution in [0.2, 0.25) is 0 Å². The number of ketones is 1. The fourth-order valence-electron chi connectivity index (χ4n) is 1.78. The Hall–Kier alpha value is -1.84. The van der Waals surface area contributed by atoms with E-state index in [-0.39, 0.29) is 17.9 Å². The molecule has 4 nitrogen and oxygen atoms in total. The van der Waals surface area contributed by atoms with Gasteiger partial charge in [0.1, 0.15) is 6.61 Å². The van der Waals surface area contributed by atoms with Gasteiger partial charge in [-0.1, -0.05) is 18.2 Å². The maximum atomic E-state index is 11.2. The van der Waals surface area contributed by atoms with E-state index in [1.165, 1.54) is 6.92 Å². The van der Waals surface area contributed by atoms with Gasteiger partial charge in [0.2, 0.25) is 0 Å². The maximum Gasteiger partial charge on any atom is 0.410 e. The average molecular weight is 219 g/mol. The van der Waals surface area contributed by atoms with Gasteiger partial charge in [0.05, 0.1) is 6.04 Å². The zero-order chi connectivity index (χ0) is 11.7. The average Bonchev–Trinajstić information content (AvgIpc) is 2.60. The first-order valence-electron chi connectivity index (χ1n) is 5.10. The van der Waals surface area contributed by atoms with E-state index in [9.17, 15) is 9.59 Å². The second-order valence-corrected chi connectivity index (χ2v) is 3.89. The molecule has 1 heterocycles. The summed E-state index contributed by atoms with van der Waals surface area (Å²) in [6.45, 7) is 1.87. The number of carbonyl (C=O) groups is 2. The first-order chi connectivity index (χ1) is 7.59. The zero-order valence-electron chi connectivity index (χ0n) is 9.27. The van der Waals surface area contributed by atoms with Gasteiger partial charge in [-0.05, 0) is 18.6 Å². The minimum absolute atomic E-state index is 0.0229. The summed E-state index contributed by atoms with van der Waals surface area (Å²) in [5, 5.41) is 0. The van der Waals surface area contributed by atoms with Crippen LogP contribution in [0.3, 0.4) is 0 Å². The van der Waals surface area contributed by atoms with Crippen molar-refractivity contribution in [2.75, 3.05) is 13.7 Å². The number of benzene rings is 1. The quantitative estimate of drug-likeness (QED) is 0.715. The molecular formula is C12H13NO3. The molecule has 0 aliphatic carbocycles. The van der Waals surface area contributed by atoms with Crippen molar-refractivity contribution in [2.24, 2.45) is 0 Å². The highest BCUT2D eigenvalue weighted by atomic mass is 16.6. The molecule has 0 aromatic heterocycles. The van der Waals surface area contributed by atoms with Crippen molar-refractivity contribution in [3.05, 3.63) is 35.4 Å². The minimum atomic E-state index is -0.321.